The van der Waals surface area contributed by atoms with Crippen molar-refractivity contribution in [3.05, 3.63) is 48.3 Å². The Labute approximate surface area is 129 Å². The van der Waals surface area contributed by atoms with E-state index in [4.69, 9.17) is 14.2 Å². The van der Waals surface area contributed by atoms with E-state index >= 15 is 0 Å². The van der Waals surface area contributed by atoms with Crippen LogP contribution in [-0.2, 0) is 0 Å². The topological polar surface area (TPSA) is 48.6 Å². The van der Waals surface area contributed by atoms with Gasteiger partial charge in [-0.2, -0.15) is 0 Å². The van der Waals surface area contributed by atoms with E-state index in [1.807, 2.05) is 6.07 Å². The van der Waals surface area contributed by atoms with Crippen molar-refractivity contribution >= 4 is 5.91 Å². The van der Waals surface area contributed by atoms with Crippen molar-refractivity contribution < 1.29 is 36.0 Å². The first-order chi connectivity index (χ1) is 9.71. The molecule has 5 nitrogen and oxygen atoms in total. The standard InChI is InChI=1S/C15H16NO4.ClH/c1-18-12-9-11(10-13(19-2)14(12)20-3)15(17)16-7-5-4-6-8-16;/h4-10H,1-3H3;1H/q+1;/p-1. The van der Waals surface area contributed by atoms with Gasteiger partial charge in [0.25, 0.3) is 0 Å². The predicted octanol–water partition coefficient (Wildman–Crippen LogP) is -1.31. The largest absolute Gasteiger partial charge is 1.00 e. The molecule has 0 unspecified atom stereocenters. The summed E-state index contributed by atoms with van der Waals surface area (Å²) in [6, 6.07) is 8.68. The molecule has 0 bridgehead atoms. The SMILES string of the molecule is COc1cc(C(=O)[n+]2ccccc2)cc(OC)c1OC.[Cl-]. The Morgan fingerprint density at radius 3 is 1.86 bits per heavy atom. The maximum absolute atomic E-state index is 12.4. The summed E-state index contributed by atoms with van der Waals surface area (Å²) in [6.07, 6.45) is 3.37. The Morgan fingerprint density at radius 1 is 0.905 bits per heavy atom. The summed E-state index contributed by atoms with van der Waals surface area (Å²) in [5.74, 6) is 1.19. The van der Waals surface area contributed by atoms with Gasteiger partial charge in [0.15, 0.2) is 23.9 Å². The van der Waals surface area contributed by atoms with E-state index < -0.39 is 0 Å². The number of benzene rings is 1. The highest BCUT2D eigenvalue weighted by atomic mass is 35.5. The average Bonchev–Trinajstić information content (AvgIpc) is 2.53. The molecule has 0 saturated carbocycles. The molecule has 21 heavy (non-hydrogen) atoms. The van der Waals surface area contributed by atoms with E-state index in [1.54, 1.807) is 36.7 Å². The second kappa shape index (κ2) is 7.50. The third-order valence-corrected chi connectivity index (χ3v) is 2.86. The number of ether oxygens (including phenoxy) is 3. The van der Waals surface area contributed by atoms with Crippen molar-refractivity contribution in [2.75, 3.05) is 21.3 Å². The molecule has 1 heterocycles. The number of hydrogen-bond acceptors (Lipinski definition) is 4. The highest BCUT2D eigenvalue weighted by Crippen LogP contribution is 2.38. The van der Waals surface area contributed by atoms with Gasteiger partial charge in [-0.15, -0.1) is 4.57 Å². The highest BCUT2D eigenvalue weighted by molar-refractivity contribution is 5.89. The zero-order valence-corrected chi connectivity index (χ0v) is 12.8. The molecule has 0 amide bonds. The Balaban J connectivity index is 0.00000220. The van der Waals surface area contributed by atoms with E-state index in [0.29, 0.717) is 22.8 Å². The van der Waals surface area contributed by atoms with Crippen molar-refractivity contribution in [1.29, 1.82) is 0 Å². The van der Waals surface area contributed by atoms with Crippen LogP contribution in [0.4, 0.5) is 0 Å². The predicted molar refractivity (Wildman–Crippen MR) is 72.5 cm³/mol. The Hall–Kier alpha value is -2.27. The van der Waals surface area contributed by atoms with Crippen molar-refractivity contribution in [3.8, 4) is 17.2 Å². The van der Waals surface area contributed by atoms with Gasteiger partial charge in [-0.25, -0.2) is 4.79 Å². The summed E-state index contributed by atoms with van der Waals surface area (Å²) in [5.41, 5.74) is 0.454. The van der Waals surface area contributed by atoms with E-state index in [9.17, 15) is 4.79 Å². The number of rotatable bonds is 4. The summed E-state index contributed by atoms with van der Waals surface area (Å²) in [7, 11) is 4.55. The van der Waals surface area contributed by atoms with Crippen LogP contribution >= 0.6 is 0 Å². The smallest absolute Gasteiger partial charge is 0.424 e. The highest BCUT2D eigenvalue weighted by Gasteiger charge is 2.22. The van der Waals surface area contributed by atoms with Gasteiger partial charge in [-0.05, 0) is 0 Å². The number of aromatic nitrogens is 1. The van der Waals surface area contributed by atoms with Crippen molar-refractivity contribution in [3.63, 3.8) is 0 Å². The van der Waals surface area contributed by atoms with Crippen molar-refractivity contribution in [1.82, 2.24) is 0 Å². The normalized spacial score (nSPS) is 9.48. The first-order valence-electron chi connectivity index (χ1n) is 6.02. The fourth-order valence-electron chi connectivity index (χ4n) is 1.89. The van der Waals surface area contributed by atoms with Crippen LogP contribution in [0.5, 0.6) is 17.2 Å². The van der Waals surface area contributed by atoms with E-state index in [2.05, 4.69) is 0 Å². The van der Waals surface area contributed by atoms with Gasteiger partial charge in [-0.1, -0.05) is 6.07 Å². The van der Waals surface area contributed by atoms with Crippen LogP contribution in [0.2, 0.25) is 0 Å². The van der Waals surface area contributed by atoms with Gasteiger partial charge in [0.2, 0.25) is 5.75 Å². The lowest BCUT2D eigenvalue weighted by Crippen LogP contribution is -3.00. The molecule has 0 aliphatic heterocycles. The minimum Gasteiger partial charge on any atom is -1.00 e. The summed E-state index contributed by atoms with van der Waals surface area (Å²) < 4.78 is 17.2. The molecule has 0 saturated heterocycles. The van der Waals surface area contributed by atoms with Crippen LogP contribution in [0.25, 0.3) is 0 Å². The van der Waals surface area contributed by atoms with Crippen LogP contribution in [0.15, 0.2) is 42.7 Å². The molecule has 1 aromatic heterocycles. The van der Waals surface area contributed by atoms with Gasteiger partial charge < -0.3 is 26.6 Å². The fourth-order valence-corrected chi connectivity index (χ4v) is 1.89. The molecule has 0 spiro atoms. The number of methoxy groups -OCH3 is 3. The van der Waals surface area contributed by atoms with E-state index in [0.717, 1.165) is 0 Å². The monoisotopic (exact) mass is 309 g/mol. The molecule has 0 radical (unpaired) electrons. The number of hydrogen-bond donors (Lipinski definition) is 0. The van der Waals surface area contributed by atoms with Gasteiger partial charge >= 0.3 is 5.91 Å². The Bertz CT molecular complexity index is 591. The second-order valence-corrected chi connectivity index (χ2v) is 4.00. The zero-order valence-electron chi connectivity index (χ0n) is 12.0. The summed E-state index contributed by atoms with van der Waals surface area (Å²) in [6.45, 7) is 0. The Morgan fingerprint density at radius 2 is 1.43 bits per heavy atom. The van der Waals surface area contributed by atoms with Crippen molar-refractivity contribution in [2.24, 2.45) is 0 Å². The minimum absolute atomic E-state index is 0. The quantitative estimate of drug-likeness (QED) is 0.658. The summed E-state index contributed by atoms with van der Waals surface area (Å²) in [5, 5.41) is 0. The first-order valence-corrected chi connectivity index (χ1v) is 6.02. The molecule has 0 fully saturated rings. The third-order valence-electron chi connectivity index (χ3n) is 2.86. The number of pyridine rings is 1. The van der Waals surface area contributed by atoms with Crippen LogP contribution in [0.1, 0.15) is 10.4 Å². The van der Waals surface area contributed by atoms with Crippen LogP contribution in [-0.4, -0.2) is 27.2 Å². The van der Waals surface area contributed by atoms with Gasteiger partial charge in [0, 0.05) is 24.3 Å². The fraction of sp³-hybridized carbons (Fsp3) is 0.200. The molecule has 2 rings (SSSR count). The zero-order chi connectivity index (χ0) is 14.5. The number of carbonyl (C=O) groups is 1. The maximum Gasteiger partial charge on any atom is 0.424 e. The second-order valence-electron chi connectivity index (χ2n) is 4.00. The number of carbonyl (C=O) groups excluding carboxylic acids is 1. The molecule has 112 valence electrons. The molecule has 1 aromatic carbocycles. The van der Waals surface area contributed by atoms with Crippen molar-refractivity contribution in [2.45, 2.75) is 0 Å². The maximum atomic E-state index is 12.4. The summed E-state index contributed by atoms with van der Waals surface area (Å²) in [4.78, 5) is 12.4. The lowest BCUT2D eigenvalue weighted by atomic mass is 10.1. The van der Waals surface area contributed by atoms with Crippen LogP contribution in [0, 0.1) is 0 Å². The van der Waals surface area contributed by atoms with Gasteiger partial charge in [-0.3, -0.25) is 0 Å². The van der Waals surface area contributed by atoms with E-state index in [1.165, 1.54) is 25.9 Å². The lowest BCUT2D eigenvalue weighted by Gasteiger charge is -2.12. The van der Waals surface area contributed by atoms with Gasteiger partial charge in [0.05, 0.1) is 26.9 Å². The first kappa shape index (κ1) is 16.8. The average molecular weight is 310 g/mol. The molecule has 0 aliphatic carbocycles. The van der Waals surface area contributed by atoms with Crippen LogP contribution < -0.4 is 31.2 Å². The van der Waals surface area contributed by atoms with Gasteiger partial charge in [0.1, 0.15) is 0 Å². The minimum atomic E-state index is -0.176. The molecule has 0 N–H and O–H groups in total. The molecular formula is C15H16ClNO4. The molecular weight excluding hydrogens is 294 g/mol. The number of nitrogens with zero attached hydrogens (tertiary/aromatic N) is 1. The molecule has 0 atom stereocenters. The third kappa shape index (κ3) is 3.44. The molecule has 6 heteroatoms. The van der Waals surface area contributed by atoms with E-state index in [-0.39, 0.29) is 18.3 Å². The Kier molecular flexibility index (Phi) is 5.99. The molecule has 2 aromatic rings. The van der Waals surface area contributed by atoms with Crippen LogP contribution in [0.3, 0.4) is 0 Å². The number of halogens is 1. The molecule has 0 aliphatic rings. The summed E-state index contributed by atoms with van der Waals surface area (Å²) >= 11 is 0. The lowest BCUT2D eigenvalue weighted by molar-refractivity contribution is -0.570.